The lowest BCUT2D eigenvalue weighted by molar-refractivity contribution is 0.173. The van der Waals surface area contributed by atoms with Gasteiger partial charge < -0.3 is 10.1 Å². The highest BCUT2D eigenvalue weighted by atomic mass is 32.1. The summed E-state index contributed by atoms with van der Waals surface area (Å²) in [6.07, 6.45) is 0. The van der Waals surface area contributed by atoms with E-state index in [1.54, 1.807) is 18.4 Å². The number of hydrogen-bond acceptors (Lipinski definition) is 4. The van der Waals surface area contributed by atoms with E-state index < -0.39 is 0 Å². The molecule has 16 heavy (non-hydrogen) atoms. The maximum Gasteiger partial charge on any atom is 0.113 e. The highest BCUT2D eigenvalue weighted by Gasteiger charge is 2.32. The van der Waals surface area contributed by atoms with Crippen LogP contribution in [0.15, 0.2) is 5.38 Å². The van der Waals surface area contributed by atoms with E-state index in [9.17, 15) is 0 Å². The molecule has 1 unspecified atom stereocenters. The first kappa shape index (κ1) is 13.6. The molecule has 1 N–H and O–H groups in total. The average Bonchev–Trinajstić information content (AvgIpc) is 2.65. The zero-order chi connectivity index (χ0) is 12.2. The van der Waals surface area contributed by atoms with Gasteiger partial charge in [0, 0.05) is 24.7 Å². The van der Waals surface area contributed by atoms with Crippen LogP contribution in [0.25, 0.3) is 0 Å². The summed E-state index contributed by atoms with van der Waals surface area (Å²) >= 11 is 1.73. The van der Waals surface area contributed by atoms with E-state index in [2.05, 4.69) is 36.5 Å². The lowest BCUT2D eigenvalue weighted by atomic mass is 9.89. The predicted molar refractivity (Wildman–Crippen MR) is 68.9 cm³/mol. The fraction of sp³-hybridized carbons (Fsp3) is 0.750. The summed E-state index contributed by atoms with van der Waals surface area (Å²) in [5, 5.41) is 6.82. The molecule has 0 fully saturated rings. The minimum atomic E-state index is -0.0581. The van der Waals surface area contributed by atoms with Gasteiger partial charge in [-0.05, 0) is 19.8 Å². The minimum absolute atomic E-state index is 0.0581. The fourth-order valence-electron chi connectivity index (χ4n) is 1.53. The van der Waals surface area contributed by atoms with Gasteiger partial charge in [0.1, 0.15) is 5.01 Å². The van der Waals surface area contributed by atoms with Crippen molar-refractivity contribution in [2.24, 2.45) is 5.92 Å². The van der Waals surface area contributed by atoms with Crippen molar-refractivity contribution in [3.8, 4) is 0 Å². The quantitative estimate of drug-likeness (QED) is 0.779. The molecule has 4 heteroatoms. The molecule has 1 aromatic heterocycles. The van der Waals surface area contributed by atoms with Gasteiger partial charge in [0.25, 0.3) is 0 Å². The smallest absolute Gasteiger partial charge is 0.113 e. The lowest BCUT2D eigenvalue weighted by Gasteiger charge is -2.33. The van der Waals surface area contributed by atoms with Crippen molar-refractivity contribution >= 4 is 11.3 Å². The largest absolute Gasteiger partial charge is 0.383 e. The van der Waals surface area contributed by atoms with Gasteiger partial charge in [0.2, 0.25) is 0 Å². The molecule has 0 radical (unpaired) electrons. The maximum absolute atomic E-state index is 5.08. The molecule has 0 saturated carbocycles. The van der Waals surface area contributed by atoms with Crippen LogP contribution in [0.5, 0.6) is 0 Å². The van der Waals surface area contributed by atoms with E-state index in [4.69, 9.17) is 4.74 Å². The van der Waals surface area contributed by atoms with E-state index in [1.807, 2.05) is 6.92 Å². The Morgan fingerprint density at radius 2 is 2.25 bits per heavy atom. The summed E-state index contributed by atoms with van der Waals surface area (Å²) in [7, 11) is 1.72. The third kappa shape index (κ3) is 3.03. The monoisotopic (exact) mass is 242 g/mol. The molecule has 0 spiro atoms. The van der Waals surface area contributed by atoms with Crippen molar-refractivity contribution in [3.05, 3.63) is 16.1 Å². The summed E-state index contributed by atoms with van der Waals surface area (Å²) in [4.78, 5) is 4.60. The number of thiazole rings is 1. The summed E-state index contributed by atoms with van der Waals surface area (Å²) in [6.45, 7) is 10.3. The van der Waals surface area contributed by atoms with Gasteiger partial charge in [0.15, 0.2) is 0 Å². The molecule has 1 aromatic rings. The highest BCUT2D eigenvalue weighted by Crippen LogP contribution is 2.31. The number of nitrogens with one attached hydrogen (secondary N) is 1. The van der Waals surface area contributed by atoms with Crippen LogP contribution < -0.4 is 5.32 Å². The Labute approximate surface area is 102 Å². The molecule has 92 valence electrons. The van der Waals surface area contributed by atoms with Crippen LogP contribution in [0.1, 0.15) is 31.5 Å². The molecule has 0 aliphatic heterocycles. The molecule has 0 aliphatic carbocycles. The van der Waals surface area contributed by atoms with Crippen LogP contribution in [-0.2, 0) is 10.3 Å². The molecule has 0 aromatic carbocycles. The van der Waals surface area contributed by atoms with Crippen molar-refractivity contribution in [2.75, 3.05) is 20.3 Å². The highest BCUT2D eigenvalue weighted by molar-refractivity contribution is 7.09. The zero-order valence-electron chi connectivity index (χ0n) is 10.8. The molecule has 0 bridgehead atoms. The van der Waals surface area contributed by atoms with Gasteiger partial charge in [0.05, 0.1) is 12.1 Å². The van der Waals surface area contributed by atoms with E-state index >= 15 is 0 Å². The summed E-state index contributed by atoms with van der Waals surface area (Å²) in [6, 6.07) is 0. The van der Waals surface area contributed by atoms with Crippen molar-refractivity contribution in [2.45, 2.75) is 33.2 Å². The first-order valence-electron chi connectivity index (χ1n) is 5.67. The van der Waals surface area contributed by atoms with Crippen molar-refractivity contribution in [1.29, 1.82) is 0 Å². The molecule has 0 saturated heterocycles. The fourth-order valence-corrected chi connectivity index (χ4v) is 2.62. The van der Waals surface area contributed by atoms with Crippen molar-refractivity contribution < 1.29 is 4.74 Å². The SMILES string of the molecule is COCCNC(C)(c1nc(C)cs1)C(C)C. The van der Waals surface area contributed by atoms with Gasteiger partial charge in [-0.25, -0.2) is 4.98 Å². The second-order valence-electron chi connectivity index (χ2n) is 4.57. The van der Waals surface area contributed by atoms with E-state index in [1.165, 1.54) is 0 Å². The number of aryl methyl sites for hydroxylation is 1. The Hall–Kier alpha value is -0.450. The lowest BCUT2D eigenvalue weighted by Crippen LogP contribution is -2.45. The van der Waals surface area contributed by atoms with Gasteiger partial charge in [-0.3, -0.25) is 0 Å². The Morgan fingerprint density at radius 3 is 2.69 bits per heavy atom. The van der Waals surface area contributed by atoms with Gasteiger partial charge in [-0.15, -0.1) is 11.3 Å². The van der Waals surface area contributed by atoms with Crippen LogP contribution in [0.2, 0.25) is 0 Å². The summed E-state index contributed by atoms with van der Waals surface area (Å²) in [5.74, 6) is 0.495. The number of hydrogen-bond donors (Lipinski definition) is 1. The Morgan fingerprint density at radius 1 is 1.56 bits per heavy atom. The standard InChI is InChI=1S/C12H22N2OS/c1-9(2)12(4,13-6-7-15-5)11-14-10(3)8-16-11/h8-9,13H,6-7H2,1-5H3. The second kappa shape index (κ2) is 5.75. The van der Waals surface area contributed by atoms with Crippen LogP contribution in [0, 0.1) is 12.8 Å². The summed E-state index contributed by atoms with van der Waals surface area (Å²) in [5.41, 5.74) is 1.04. The van der Waals surface area contributed by atoms with E-state index in [-0.39, 0.29) is 5.54 Å². The molecule has 1 rings (SSSR count). The number of methoxy groups -OCH3 is 1. The minimum Gasteiger partial charge on any atom is -0.383 e. The molecule has 0 amide bonds. The third-order valence-electron chi connectivity index (χ3n) is 3.02. The van der Waals surface area contributed by atoms with Crippen molar-refractivity contribution in [3.63, 3.8) is 0 Å². The van der Waals surface area contributed by atoms with Gasteiger partial charge in [-0.2, -0.15) is 0 Å². The van der Waals surface area contributed by atoms with Crippen LogP contribution in [0.3, 0.4) is 0 Å². The number of ether oxygens (including phenoxy) is 1. The molecule has 0 aliphatic rings. The molecular weight excluding hydrogens is 220 g/mol. The van der Waals surface area contributed by atoms with Gasteiger partial charge in [-0.1, -0.05) is 13.8 Å². The van der Waals surface area contributed by atoms with Crippen LogP contribution in [0.4, 0.5) is 0 Å². The van der Waals surface area contributed by atoms with E-state index in [0.717, 1.165) is 23.9 Å². The number of aromatic nitrogens is 1. The maximum atomic E-state index is 5.08. The summed E-state index contributed by atoms with van der Waals surface area (Å²) < 4.78 is 5.08. The molecule has 3 nitrogen and oxygen atoms in total. The Balaban J connectivity index is 2.80. The first-order chi connectivity index (χ1) is 7.50. The third-order valence-corrected chi connectivity index (χ3v) is 4.21. The Kier molecular flexibility index (Phi) is 4.89. The van der Waals surface area contributed by atoms with Crippen LogP contribution in [-0.4, -0.2) is 25.2 Å². The predicted octanol–water partition coefficient (Wildman–Crippen LogP) is 2.56. The number of nitrogens with zero attached hydrogens (tertiary/aromatic N) is 1. The van der Waals surface area contributed by atoms with Gasteiger partial charge >= 0.3 is 0 Å². The topological polar surface area (TPSA) is 34.1 Å². The first-order valence-corrected chi connectivity index (χ1v) is 6.55. The zero-order valence-corrected chi connectivity index (χ0v) is 11.6. The van der Waals surface area contributed by atoms with E-state index in [0.29, 0.717) is 5.92 Å². The van der Waals surface area contributed by atoms with Crippen LogP contribution >= 0.6 is 11.3 Å². The second-order valence-corrected chi connectivity index (χ2v) is 5.43. The molecule has 1 atom stereocenters. The normalized spacial score (nSPS) is 15.4. The molecule has 1 heterocycles. The number of rotatable bonds is 6. The Bertz CT molecular complexity index is 325. The van der Waals surface area contributed by atoms with Crippen molar-refractivity contribution in [1.82, 2.24) is 10.3 Å². The molecular formula is C12H22N2OS. The average molecular weight is 242 g/mol.